The fourth-order valence-electron chi connectivity index (χ4n) is 1.67. The normalized spacial score (nSPS) is 14.5. The molecule has 0 fully saturated rings. The highest BCUT2D eigenvalue weighted by Gasteiger charge is 2.41. The van der Waals surface area contributed by atoms with Crippen LogP contribution in [-0.4, -0.2) is 17.5 Å². The van der Waals surface area contributed by atoms with Gasteiger partial charge in [0.1, 0.15) is 11.1 Å². The number of hydrogen-bond acceptors (Lipinski definition) is 4. The van der Waals surface area contributed by atoms with Gasteiger partial charge in [-0.1, -0.05) is 30.3 Å². The lowest BCUT2D eigenvalue weighted by Gasteiger charge is -2.30. The highest BCUT2D eigenvalue weighted by atomic mass is 16.6. The van der Waals surface area contributed by atoms with Crippen LogP contribution < -0.4 is 11.5 Å². The second-order valence-corrected chi connectivity index (χ2v) is 5.48. The average molecular weight is 264 g/mol. The molecular weight excluding hydrogens is 244 g/mol. The van der Waals surface area contributed by atoms with Crippen molar-refractivity contribution >= 4 is 11.9 Å². The molecule has 0 aromatic heterocycles. The van der Waals surface area contributed by atoms with Crippen molar-refractivity contribution in [3.63, 3.8) is 0 Å². The van der Waals surface area contributed by atoms with Crippen molar-refractivity contribution in [2.75, 3.05) is 0 Å². The van der Waals surface area contributed by atoms with E-state index in [0.717, 1.165) is 0 Å². The molecule has 1 unspecified atom stereocenters. The van der Waals surface area contributed by atoms with Gasteiger partial charge >= 0.3 is 5.97 Å². The summed E-state index contributed by atoms with van der Waals surface area (Å²) in [4.78, 5) is 23.5. The number of amides is 1. The van der Waals surface area contributed by atoms with E-state index in [4.69, 9.17) is 16.2 Å². The quantitative estimate of drug-likeness (QED) is 0.795. The van der Waals surface area contributed by atoms with Crippen molar-refractivity contribution in [3.8, 4) is 0 Å². The number of hydrogen-bond donors (Lipinski definition) is 2. The molecule has 4 N–H and O–H groups in total. The van der Waals surface area contributed by atoms with Crippen molar-refractivity contribution in [2.24, 2.45) is 11.5 Å². The Morgan fingerprint density at radius 3 is 2.11 bits per heavy atom. The summed E-state index contributed by atoms with van der Waals surface area (Å²) in [5.41, 5.74) is 9.55. The van der Waals surface area contributed by atoms with Crippen LogP contribution in [-0.2, 0) is 19.9 Å². The molecule has 0 aliphatic carbocycles. The molecule has 0 aliphatic rings. The lowest BCUT2D eigenvalue weighted by atomic mass is 9.87. The Labute approximate surface area is 112 Å². The van der Waals surface area contributed by atoms with Crippen molar-refractivity contribution < 1.29 is 14.3 Å². The molecule has 0 heterocycles. The van der Waals surface area contributed by atoms with E-state index in [1.54, 1.807) is 51.1 Å². The zero-order valence-electron chi connectivity index (χ0n) is 11.5. The summed E-state index contributed by atoms with van der Waals surface area (Å²) in [6.45, 7) is 5.21. The van der Waals surface area contributed by atoms with Crippen molar-refractivity contribution in [3.05, 3.63) is 35.9 Å². The van der Waals surface area contributed by atoms with E-state index >= 15 is 0 Å². The molecule has 1 amide bonds. The van der Waals surface area contributed by atoms with Crippen LogP contribution in [0.5, 0.6) is 0 Å². The van der Waals surface area contributed by atoms with Crippen LogP contribution in [0, 0.1) is 0 Å². The van der Waals surface area contributed by atoms with Crippen LogP contribution in [0.3, 0.4) is 0 Å². The molecule has 0 aliphatic heterocycles. The number of esters is 1. The van der Waals surface area contributed by atoms with Gasteiger partial charge in [-0.2, -0.15) is 0 Å². The van der Waals surface area contributed by atoms with Gasteiger partial charge in [0.05, 0.1) is 6.42 Å². The minimum absolute atomic E-state index is 0.300. The first-order chi connectivity index (χ1) is 8.65. The van der Waals surface area contributed by atoms with Crippen LogP contribution in [0.15, 0.2) is 30.3 Å². The van der Waals surface area contributed by atoms with Gasteiger partial charge < -0.3 is 16.2 Å². The fraction of sp³-hybridized carbons (Fsp3) is 0.429. The minimum Gasteiger partial charge on any atom is -0.458 e. The summed E-state index contributed by atoms with van der Waals surface area (Å²) in [6, 6.07) is 8.62. The van der Waals surface area contributed by atoms with Crippen molar-refractivity contribution in [1.29, 1.82) is 0 Å². The van der Waals surface area contributed by atoms with Gasteiger partial charge in [-0.15, -0.1) is 0 Å². The summed E-state index contributed by atoms with van der Waals surface area (Å²) in [5.74, 6) is -1.32. The first-order valence-electron chi connectivity index (χ1n) is 6.01. The van der Waals surface area contributed by atoms with Gasteiger partial charge in [0.15, 0.2) is 0 Å². The van der Waals surface area contributed by atoms with Gasteiger partial charge in [-0.3, -0.25) is 4.79 Å². The van der Waals surface area contributed by atoms with Gasteiger partial charge in [-0.25, -0.2) is 4.79 Å². The van der Waals surface area contributed by atoms with E-state index in [2.05, 4.69) is 0 Å². The van der Waals surface area contributed by atoms with E-state index in [1.165, 1.54) is 0 Å². The number of carbonyl (C=O) groups is 2. The molecule has 1 aromatic carbocycles. The van der Waals surface area contributed by atoms with E-state index in [-0.39, 0.29) is 6.42 Å². The van der Waals surface area contributed by atoms with Crippen LogP contribution >= 0.6 is 0 Å². The Morgan fingerprint density at radius 2 is 1.68 bits per heavy atom. The molecule has 19 heavy (non-hydrogen) atoms. The summed E-state index contributed by atoms with van der Waals surface area (Å²) in [5, 5.41) is 0. The standard InChI is InChI=1S/C14H20N2O3/c1-13(2,3)19-12(18)14(16,9-11(15)17)10-7-5-4-6-8-10/h4-8H,9,16H2,1-3H3,(H2,15,17). The molecule has 1 atom stereocenters. The summed E-state index contributed by atoms with van der Waals surface area (Å²) in [6.07, 6.45) is -0.300. The number of benzene rings is 1. The van der Waals surface area contributed by atoms with Crippen LogP contribution in [0.25, 0.3) is 0 Å². The Balaban J connectivity index is 3.14. The van der Waals surface area contributed by atoms with Crippen LogP contribution in [0.1, 0.15) is 32.8 Å². The summed E-state index contributed by atoms with van der Waals surface area (Å²) < 4.78 is 5.29. The Kier molecular flexibility index (Phi) is 4.32. The molecule has 104 valence electrons. The summed E-state index contributed by atoms with van der Waals surface area (Å²) >= 11 is 0. The highest BCUT2D eigenvalue weighted by Crippen LogP contribution is 2.26. The van der Waals surface area contributed by atoms with Crippen molar-refractivity contribution in [2.45, 2.75) is 38.3 Å². The number of carbonyl (C=O) groups excluding carboxylic acids is 2. The Hall–Kier alpha value is -1.88. The zero-order chi connectivity index (χ0) is 14.7. The molecule has 1 rings (SSSR count). The van der Waals surface area contributed by atoms with E-state index in [1.807, 2.05) is 0 Å². The van der Waals surface area contributed by atoms with Crippen molar-refractivity contribution in [1.82, 2.24) is 0 Å². The maximum Gasteiger partial charge on any atom is 0.331 e. The Bertz CT molecular complexity index is 465. The predicted octanol–water partition coefficient (Wildman–Crippen LogP) is 1.06. The third-order valence-electron chi connectivity index (χ3n) is 2.51. The predicted molar refractivity (Wildman–Crippen MR) is 72.0 cm³/mol. The maximum absolute atomic E-state index is 12.3. The molecular formula is C14H20N2O3. The van der Waals surface area contributed by atoms with Crippen LogP contribution in [0.4, 0.5) is 0 Å². The topological polar surface area (TPSA) is 95.4 Å². The second-order valence-electron chi connectivity index (χ2n) is 5.48. The third kappa shape index (κ3) is 4.06. The van der Waals surface area contributed by atoms with E-state index < -0.39 is 23.0 Å². The average Bonchev–Trinajstić information content (AvgIpc) is 2.26. The number of primary amides is 1. The van der Waals surface area contributed by atoms with Gasteiger partial charge in [0, 0.05) is 0 Å². The number of rotatable bonds is 4. The molecule has 5 nitrogen and oxygen atoms in total. The molecule has 0 saturated carbocycles. The first kappa shape index (κ1) is 15.2. The molecule has 0 bridgehead atoms. The summed E-state index contributed by atoms with van der Waals surface area (Å²) in [7, 11) is 0. The van der Waals surface area contributed by atoms with E-state index in [9.17, 15) is 9.59 Å². The lowest BCUT2D eigenvalue weighted by molar-refractivity contribution is -0.163. The highest BCUT2D eigenvalue weighted by molar-refractivity contribution is 5.89. The monoisotopic (exact) mass is 264 g/mol. The van der Waals surface area contributed by atoms with Gasteiger partial charge in [0.2, 0.25) is 5.91 Å². The lowest BCUT2D eigenvalue weighted by Crippen LogP contribution is -2.50. The fourth-order valence-corrected chi connectivity index (χ4v) is 1.67. The minimum atomic E-state index is -1.56. The molecule has 0 radical (unpaired) electrons. The SMILES string of the molecule is CC(C)(C)OC(=O)C(N)(CC(N)=O)c1ccccc1. The molecule has 5 heteroatoms. The maximum atomic E-state index is 12.3. The van der Waals surface area contributed by atoms with Crippen LogP contribution in [0.2, 0.25) is 0 Å². The molecule has 0 saturated heterocycles. The molecule has 0 spiro atoms. The Morgan fingerprint density at radius 1 is 1.16 bits per heavy atom. The third-order valence-corrected chi connectivity index (χ3v) is 2.51. The number of ether oxygens (including phenoxy) is 1. The largest absolute Gasteiger partial charge is 0.458 e. The van der Waals surface area contributed by atoms with Gasteiger partial charge in [-0.05, 0) is 26.3 Å². The van der Waals surface area contributed by atoms with Gasteiger partial charge in [0.25, 0.3) is 0 Å². The number of nitrogens with two attached hydrogens (primary N) is 2. The molecule has 1 aromatic rings. The smallest absolute Gasteiger partial charge is 0.331 e. The zero-order valence-corrected chi connectivity index (χ0v) is 11.5. The first-order valence-corrected chi connectivity index (χ1v) is 6.01. The van der Waals surface area contributed by atoms with E-state index in [0.29, 0.717) is 5.56 Å². The second kappa shape index (κ2) is 5.40.